The van der Waals surface area contributed by atoms with E-state index >= 15 is 0 Å². The Bertz CT molecular complexity index is 2040. The third-order valence-corrected chi connectivity index (χ3v) is 17.1. The first-order chi connectivity index (χ1) is 44.7. The van der Waals surface area contributed by atoms with Crippen LogP contribution >= 0.6 is 15.6 Å². The number of ether oxygens (including phenoxy) is 4. The molecule has 0 saturated heterocycles. The molecular formula is C73H130O17P2. The van der Waals surface area contributed by atoms with Crippen LogP contribution in [0.2, 0.25) is 0 Å². The van der Waals surface area contributed by atoms with Gasteiger partial charge in [-0.15, -0.1) is 0 Å². The van der Waals surface area contributed by atoms with Gasteiger partial charge in [0.25, 0.3) is 0 Å². The number of carbonyl (C=O) groups excluding carboxylic acids is 4. The van der Waals surface area contributed by atoms with Crippen molar-refractivity contribution in [2.45, 2.75) is 329 Å². The average molecular weight is 1340 g/mol. The van der Waals surface area contributed by atoms with Gasteiger partial charge in [0.1, 0.15) is 19.3 Å². The summed E-state index contributed by atoms with van der Waals surface area (Å²) in [6, 6.07) is 0. The van der Waals surface area contributed by atoms with Crippen molar-refractivity contribution in [3.63, 3.8) is 0 Å². The quantitative estimate of drug-likeness (QED) is 0.0169. The summed E-state index contributed by atoms with van der Waals surface area (Å²) in [5.74, 6) is -2.22. The Hall–Kier alpha value is -3.50. The summed E-state index contributed by atoms with van der Waals surface area (Å²) in [6.45, 7) is 4.67. The van der Waals surface area contributed by atoms with Gasteiger partial charge < -0.3 is 33.8 Å². The third kappa shape index (κ3) is 65.2. The van der Waals surface area contributed by atoms with Gasteiger partial charge in [-0.3, -0.25) is 37.3 Å². The molecule has 0 aliphatic heterocycles. The molecule has 0 aliphatic rings. The predicted molar refractivity (Wildman–Crippen MR) is 372 cm³/mol. The maximum absolute atomic E-state index is 13.0. The summed E-state index contributed by atoms with van der Waals surface area (Å²) in [4.78, 5) is 72.5. The van der Waals surface area contributed by atoms with E-state index in [1.54, 1.807) is 0 Å². The Morgan fingerprint density at radius 2 is 0.565 bits per heavy atom. The normalized spacial score (nSPS) is 14.5. The fourth-order valence-electron chi connectivity index (χ4n) is 9.65. The Morgan fingerprint density at radius 3 is 0.913 bits per heavy atom. The van der Waals surface area contributed by atoms with Gasteiger partial charge in [-0.05, 0) is 96.3 Å². The van der Waals surface area contributed by atoms with Crippen LogP contribution in [0.25, 0.3) is 0 Å². The lowest BCUT2D eigenvalue weighted by atomic mass is 10.1. The fourth-order valence-corrected chi connectivity index (χ4v) is 11.2. The van der Waals surface area contributed by atoms with Gasteiger partial charge in [0.15, 0.2) is 12.2 Å². The molecule has 5 atom stereocenters. The molecule has 0 aliphatic carbocycles. The molecule has 19 heteroatoms. The Morgan fingerprint density at radius 1 is 0.315 bits per heavy atom. The molecule has 17 nitrogen and oxygen atoms in total. The molecule has 0 amide bonds. The van der Waals surface area contributed by atoms with E-state index < -0.39 is 97.5 Å². The number of carbonyl (C=O) groups is 4. The van der Waals surface area contributed by atoms with Crippen molar-refractivity contribution in [2.75, 3.05) is 39.6 Å². The van der Waals surface area contributed by atoms with Crippen molar-refractivity contribution in [2.24, 2.45) is 0 Å². The summed E-state index contributed by atoms with van der Waals surface area (Å²) < 4.78 is 68.2. The van der Waals surface area contributed by atoms with Gasteiger partial charge in [-0.2, -0.15) is 0 Å². The van der Waals surface area contributed by atoms with Crippen molar-refractivity contribution >= 4 is 39.5 Å². The van der Waals surface area contributed by atoms with Crippen LogP contribution in [-0.4, -0.2) is 96.7 Å². The maximum atomic E-state index is 13.0. The number of aliphatic hydroxyl groups is 1. The molecule has 0 bridgehead atoms. The van der Waals surface area contributed by atoms with Crippen LogP contribution in [0.5, 0.6) is 0 Å². The van der Waals surface area contributed by atoms with Gasteiger partial charge >= 0.3 is 39.5 Å². The number of phosphoric acid groups is 2. The van der Waals surface area contributed by atoms with Gasteiger partial charge in [-0.25, -0.2) is 9.13 Å². The van der Waals surface area contributed by atoms with Crippen LogP contribution in [0.4, 0.5) is 0 Å². The molecule has 0 fully saturated rings. The molecule has 0 aromatic carbocycles. The smallest absolute Gasteiger partial charge is 0.462 e. The highest BCUT2D eigenvalue weighted by atomic mass is 31.2. The second kappa shape index (κ2) is 66.1. The van der Waals surface area contributed by atoms with Crippen LogP contribution in [0.3, 0.4) is 0 Å². The van der Waals surface area contributed by atoms with E-state index in [9.17, 15) is 43.2 Å². The maximum Gasteiger partial charge on any atom is 0.472 e. The predicted octanol–water partition coefficient (Wildman–Crippen LogP) is 20.1. The molecule has 0 radical (unpaired) electrons. The Kier molecular flexibility index (Phi) is 63.6. The van der Waals surface area contributed by atoms with Gasteiger partial charge in [0, 0.05) is 25.7 Å². The minimum atomic E-state index is -4.97. The number of esters is 4. The zero-order valence-corrected chi connectivity index (χ0v) is 59.8. The molecule has 0 aromatic rings. The Balaban J connectivity index is 5.32. The second-order valence-electron chi connectivity index (χ2n) is 24.2. The topological polar surface area (TPSA) is 237 Å². The van der Waals surface area contributed by atoms with Crippen molar-refractivity contribution in [1.29, 1.82) is 0 Å². The molecule has 0 spiro atoms. The molecule has 0 saturated carbocycles. The molecule has 92 heavy (non-hydrogen) atoms. The van der Waals surface area contributed by atoms with Gasteiger partial charge in [0.05, 0.1) is 26.4 Å². The number of phosphoric ester groups is 2. The first kappa shape index (κ1) is 88.5. The summed E-state index contributed by atoms with van der Waals surface area (Å²) in [7, 11) is -9.94. The lowest BCUT2D eigenvalue weighted by Gasteiger charge is -2.21. The van der Waals surface area contributed by atoms with E-state index in [1.807, 2.05) is 0 Å². The number of rotatable bonds is 68. The van der Waals surface area contributed by atoms with Crippen LogP contribution in [0.1, 0.15) is 310 Å². The molecule has 534 valence electrons. The standard InChI is InChI=1S/C73H130O17P2/c1-5-9-13-17-21-25-29-31-33-35-39-41-45-49-53-57-70(75)83-63-68(89-72(77)59-55-51-47-43-37-27-23-19-15-11-7-3)65-87-91(79,80)85-61-67(74)62-86-92(81,82)88-66-69(90-73(78)60-56-52-48-44-38-28-24-20-16-12-8-4)64-84-71(76)58-54-50-46-42-40-36-34-32-30-26-22-18-14-10-6-2/h9,13,21-22,25-26,31-34,39,41,67-69,74H,5-8,10-12,14-20,23-24,27-30,35-38,40,42-66H2,1-4H3,(H,79,80)(H,81,82)/b13-9-,25-21-,26-22-,33-31-,34-32-,41-39-. The molecule has 0 rings (SSSR count). The van der Waals surface area contributed by atoms with Gasteiger partial charge in [0.2, 0.25) is 0 Å². The monoisotopic (exact) mass is 1340 g/mol. The van der Waals surface area contributed by atoms with E-state index in [0.29, 0.717) is 25.7 Å². The lowest BCUT2D eigenvalue weighted by molar-refractivity contribution is -0.161. The highest BCUT2D eigenvalue weighted by Crippen LogP contribution is 2.45. The molecular weight excluding hydrogens is 1210 g/mol. The number of aliphatic hydroxyl groups excluding tert-OH is 1. The summed E-state index contributed by atoms with van der Waals surface area (Å²) in [5, 5.41) is 10.6. The van der Waals surface area contributed by atoms with E-state index in [2.05, 4.69) is 101 Å². The van der Waals surface area contributed by atoms with Crippen molar-refractivity contribution < 1.29 is 80.2 Å². The van der Waals surface area contributed by atoms with Crippen LogP contribution < -0.4 is 0 Å². The first-order valence-corrected chi connectivity index (χ1v) is 39.2. The Labute approximate surface area is 558 Å². The summed E-state index contributed by atoms with van der Waals surface area (Å²) in [6.07, 6.45) is 63.4. The third-order valence-electron chi connectivity index (χ3n) is 15.2. The minimum absolute atomic E-state index is 0.0899. The van der Waals surface area contributed by atoms with Crippen molar-refractivity contribution in [1.82, 2.24) is 0 Å². The molecule has 0 heterocycles. The molecule has 5 unspecified atom stereocenters. The van der Waals surface area contributed by atoms with E-state index in [0.717, 1.165) is 135 Å². The second-order valence-corrected chi connectivity index (χ2v) is 27.1. The minimum Gasteiger partial charge on any atom is -0.462 e. The highest BCUT2D eigenvalue weighted by Gasteiger charge is 2.30. The summed E-state index contributed by atoms with van der Waals surface area (Å²) >= 11 is 0. The van der Waals surface area contributed by atoms with Crippen molar-refractivity contribution in [3.8, 4) is 0 Å². The zero-order chi connectivity index (χ0) is 67.5. The van der Waals surface area contributed by atoms with E-state index in [4.69, 9.17) is 37.0 Å². The number of allylic oxidation sites excluding steroid dienone is 12. The average Bonchev–Trinajstić information content (AvgIpc) is 2.55. The number of unbranched alkanes of at least 4 members (excludes halogenated alkanes) is 30. The number of hydrogen-bond donors (Lipinski definition) is 3. The molecule has 3 N–H and O–H groups in total. The van der Waals surface area contributed by atoms with Gasteiger partial charge in [-0.1, -0.05) is 261 Å². The largest absolute Gasteiger partial charge is 0.472 e. The summed E-state index contributed by atoms with van der Waals surface area (Å²) in [5.41, 5.74) is 0. The van der Waals surface area contributed by atoms with E-state index in [1.165, 1.54) is 96.3 Å². The van der Waals surface area contributed by atoms with Crippen LogP contribution in [0.15, 0.2) is 72.9 Å². The van der Waals surface area contributed by atoms with Crippen LogP contribution in [0, 0.1) is 0 Å². The number of hydrogen-bond acceptors (Lipinski definition) is 15. The van der Waals surface area contributed by atoms with Crippen molar-refractivity contribution in [3.05, 3.63) is 72.9 Å². The van der Waals surface area contributed by atoms with Crippen LogP contribution in [-0.2, 0) is 65.4 Å². The van der Waals surface area contributed by atoms with E-state index in [-0.39, 0.29) is 25.7 Å². The fraction of sp³-hybridized carbons (Fsp3) is 0.781. The first-order valence-electron chi connectivity index (χ1n) is 36.2. The molecule has 0 aromatic heterocycles. The zero-order valence-electron chi connectivity index (χ0n) is 58.0. The SMILES string of the molecule is CC/C=C\C/C=C\C/C=C\C/C=C\CCCCC(=O)OCC(COP(=O)(O)OCC(O)COP(=O)(O)OCC(COC(=O)CCCCCCC/C=C\C/C=C\CCCCC)OC(=O)CCCCCCCCCCCCC)OC(=O)CCCCCCCCCCCCC. The highest BCUT2D eigenvalue weighted by molar-refractivity contribution is 7.47. The lowest BCUT2D eigenvalue weighted by Crippen LogP contribution is -2.30.